The molecule has 94 valence electrons. The number of hydrogen-bond acceptors (Lipinski definition) is 2. The van der Waals surface area contributed by atoms with E-state index in [1.165, 1.54) is 38.5 Å². The van der Waals surface area contributed by atoms with Gasteiger partial charge in [-0.15, -0.1) is 0 Å². The highest BCUT2D eigenvalue weighted by Crippen LogP contribution is 2.39. The van der Waals surface area contributed by atoms with Crippen LogP contribution in [0.1, 0.15) is 52.4 Å². The first-order valence-electron chi connectivity index (χ1n) is 6.99. The average molecular weight is 225 g/mol. The van der Waals surface area contributed by atoms with Crippen molar-refractivity contribution in [2.75, 3.05) is 13.2 Å². The highest BCUT2D eigenvalue weighted by atomic mass is 16.5. The second kappa shape index (κ2) is 5.05. The predicted molar refractivity (Wildman–Crippen MR) is 67.3 cm³/mol. The van der Waals surface area contributed by atoms with Gasteiger partial charge in [-0.3, -0.25) is 0 Å². The molecule has 0 unspecified atom stereocenters. The van der Waals surface area contributed by atoms with Crippen molar-refractivity contribution in [1.29, 1.82) is 0 Å². The number of hydrogen-bond donors (Lipinski definition) is 1. The van der Waals surface area contributed by atoms with E-state index in [1.54, 1.807) is 0 Å². The third-order valence-electron chi connectivity index (χ3n) is 4.58. The third-order valence-corrected chi connectivity index (χ3v) is 4.58. The zero-order chi connectivity index (χ0) is 11.6. The summed E-state index contributed by atoms with van der Waals surface area (Å²) in [6, 6.07) is 0. The van der Waals surface area contributed by atoms with Crippen molar-refractivity contribution in [3.05, 3.63) is 0 Å². The molecule has 16 heavy (non-hydrogen) atoms. The second-order valence-corrected chi connectivity index (χ2v) is 6.22. The first kappa shape index (κ1) is 12.4. The van der Waals surface area contributed by atoms with E-state index in [9.17, 15) is 0 Å². The van der Waals surface area contributed by atoms with Crippen LogP contribution in [0, 0.1) is 17.8 Å². The highest BCUT2D eigenvalue weighted by molar-refractivity contribution is 4.90. The fourth-order valence-corrected chi connectivity index (χ4v) is 2.82. The standard InChI is InChI=1S/C14H27NO/c1-11(2)13-5-7-14(10-15,8-6-13)16-9-12-3-4-12/h11-13H,3-10,15H2,1-2H3. The van der Waals surface area contributed by atoms with Crippen molar-refractivity contribution in [3.8, 4) is 0 Å². The minimum absolute atomic E-state index is 0.0357. The molecule has 0 amide bonds. The van der Waals surface area contributed by atoms with Gasteiger partial charge in [0.15, 0.2) is 0 Å². The quantitative estimate of drug-likeness (QED) is 0.780. The Bertz CT molecular complexity index is 215. The predicted octanol–water partition coefficient (Wildman–Crippen LogP) is 2.96. The molecule has 0 spiro atoms. The maximum absolute atomic E-state index is 6.15. The van der Waals surface area contributed by atoms with Crippen LogP contribution in [0.2, 0.25) is 0 Å². The number of rotatable bonds is 5. The van der Waals surface area contributed by atoms with Crippen LogP contribution in [0.3, 0.4) is 0 Å². The molecule has 0 atom stereocenters. The Hall–Kier alpha value is -0.0800. The molecule has 0 aromatic heterocycles. The molecule has 2 saturated carbocycles. The van der Waals surface area contributed by atoms with E-state index in [4.69, 9.17) is 10.5 Å². The molecule has 2 aliphatic rings. The van der Waals surface area contributed by atoms with Crippen LogP contribution in [0.15, 0.2) is 0 Å². The zero-order valence-corrected chi connectivity index (χ0v) is 10.9. The summed E-state index contributed by atoms with van der Waals surface area (Å²) in [6.07, 6.45) is 7.71. The van der Waals surface area contributed by atoms with Crippen LogP contribution < -0.4 is 5.73 Å². The monoisotopic (exact) mass is 225 g/mol. The van der Waals surface area contributed by atoms with Gasteiger partial charge in [0.25, 0.3) is 0 Å². The summed E-state index contributed by atoms with van der Waals surface area (Å²) in [6.45, 7) is 6.35. The molecular formula is C14H27NO. The summed E-state index contributed by atoms with van der Waals surface area (Å²) in [5.74, 6) is 2.56. The first-order valence-corrected chi connectivity index (χ1v) is 6.99. The molecule has 2 rings (SSSR count). The Morgan fingerprint density at radius 2 is 1.81 bits per heavy atom. The maximum Gasteiger partial charge on any atom is 0.0804 e. The summed E-state index contributed by atoms with van der Waals surface area (Å²) < 4.78 is 6.15. The SMILES string of the molecule is CC(C)C1CCC(CN)(OCC2CC2)CC1. The van der Waals surface area contributed by atoms with Crippen LogP contribution in [-0.2, 0) is 4.74 Å². The van der Waals surface area contributed by atoms with E-state index in [1.807, 2.05) is 0 Å². The van der Waals surface area contributed by atoms with Gasteiger partial charge in [-0.25, -0.2) is 0 Å². The Morgan fingerprint density at radius 1 is 1.19 bits per heavy atom. The molecule has 2 heteroatoms. The summed E-state index contributed by atoms with van der Waals surface area (Å²) in [5, 5.41) is 0. The van der Waals surface area contributed by atoms with Crippen molar-refractivity contribution in [2.45, 2.75) is 58.0 Å². The van der Waals surface area contributed by atoms with Gasteiger partial charge in [0, 0.05) is 6.54 Å². The van der Waals surface area contributed by atoms with Gasteiger partial charge in [0.2, 0.25) is 0 Å². The molecule has 0 heterocycles. The van der Waals surface area contributed by atoms with Crippen LogP contribution in [0.5, 0.6) is 0 Å². The van der Waals surface area contributed by atoms with E-state index in [0.29, 0.717) is 6.54 Å². The van der Waals surface area contributed by atoms with Crippen molar-refractivity contribution in [2.24, 2.45) is 23.5 Å². The van der Waals surface area contributed by atoms with E-state index in [2.05, 4.69) is 13.8 Å². The Kier molecular flexibility index (Phi) is 3.91. The third kappa shape index (κ3) is 2.98. The zero-order valence-electron chi connectivity index (χ0n) is 10.9. The van der Waals surface area contributed by atoms with Gasteiger partial charge >= 0.3 is 0 Å². The molecule has 0 saturated heterocycles. The molecule has 0 radical (unpaired) electrons. The van der Waals surface area contributed by atoms with Crippen molar-refractivity contribution < 1.29 is 4.74 Å². The smallest absolute Gasteiger partial charge is 0.0804 e. The van der Waals surface area contributed by atoms with Crippen molar-refractivity contribution >= 4 is 0 Å². The van der Waals surface area contributed by atoms with E-state index >= 15 is 0 Å². The molecule has 2 N–H and O–H groups in total. The number of nitrogens with two attached hydrogens (primary N) is 1. The van der Waals surface area contributed by atoms with Crippen LogP contribution >= 0.6 is 0 Å². The molecule has 2 nitrogen and oxygen atoms in total. The van der Waals surface area contributed by atoms with Gasteiger partial charge in [0.1, 0.15) is 0 Å². The molecule has 0 aromatic rings. The van der Waals surface area contributed by atoms with Crippen LogP contribution in [0.4, 0.5) is 0 Å². The maximum atomic E-state index is 6.15. The lowest BCUT2D eigenvalue weighted by Crippen LogP contribution is -2.45. The summed E-state index contributed by atoms with van der Waals surface area (Å²) >= 11 is 0. The van der Waals surface area contributed by atoms with Gasteiger partial charge in [-0.2, -0.15) is 0 Å². The lowest BCUT2D eigenvalue weighted by atomic mass is 9.74. The molecule has 2 aliphatic carbocycles. The lowest BCUT2D eigenvalue weighted by molar-refractivity contribution is -0.0784. The van der Waals surface area contributed by atoms with E-state index in [-0.39, 0.29) is 5.60 Å². The fourth-order valence-electron chi connectivity index (χ4n) is 2.82. The molecule has 2 fully saturated rings. The van der Waals surface area contributed by atoms with Crippen LogP contribution in [0.25, 0.3) is 0 Å². The lowest BCUT2D eigenvalue weighted by Gasteiger charge is -2.40. The van der Waals surface area contributed by atoms with Gasteiger partial charge in [0.05, 0.1) is 12.2 Å². The Labute approximate surface area is 99.9 Å². The van der Waals surface area contributed by atoms with E-state index < -0.39 is 0 Å². The van der Waals surface area contributed by atoms with Crippen LogP contribution in [-0.4, -0.2) is 18.8 Å². The molecule has 0 aromatic carbocycles. The first-order chi connectivity index (χ1) is 7.65. The Balaban J connectivity index is 1.81. The largest absolute Gasteiger partial charge is 0.373 e. The summed E-state index contributed by atoms with van der Waals surface area (Å²) in [7, 11) is 0. The van der Waals surface area contributed by atoms with Crippen molar-refractivity contribution in [1.82, 2.24) is 0 Å². The minimum atomic E-state index is 0.0357. The molecule has 0 bridgehead atoms. The summed E-state index contributed by atoms with van der Waals surface area (Å²) in [4.78, 5) is 0. The van der Waals surface area contributed by atoms with Gasteiger partial charge < -0.3 is 10.5 Å². The van der Waals surface area contributed by atoms with Crippen molar-refractivity contribution in [3.63, 3.8) is 0 Å². The fraction of sp³-hybridized carbons (Fsp3) is 1.00. The average Bonchev–Trinajstić information content (AvgIpc) is 3.11. The number of ether oxygens (including phenoxy) is 1. The molecular weight excluding hydrogens is 198 g/mol. The second-order valence-electron chi connectivity index (χ2n) is 6.22. The van der Waals surface area contributed by atoms with Gasteiger partial charge in [-0.1, -0.05) is 13.8 Å². The van der Waals surface area contributed by atoms with E-state index in [0.717, 1.165) is 24.4 Å². The highest BCUT2D eigenvalue weighted by Gasteiger charge is 2.37. The summed E-state index contributed by atoms with van der Waals surface area (Å²) in [5.41, 5.74) is 5.98. The Morgan fingerprint density at radius 3 is 2.25 bits per heavy atom. The topological polar surface area (TPSA) is 35.2 Å². The molecule has 0 aliphatic heterocycles. The normalized spacial score (nSPS) is 35.6. The minimum Gasteiger partial charge on any atom is -0.373 e. The van der Waals surface area contributed by atoms with Gasteiger partial charge in [-0.05, 0) is 56.3 Å².